The number of hydrogen-bond donors (Lipinski definition) is 0. The van der Waals surface area contributed by atoms with Gasteiger partial charge >= 0.3 is 0 Å². The van der Waals surface area contributed by atoms with E-state index >= 15 is 0 Å². The Bertz CT molecular complexity index is 1650. The number of benzene rings is 1. The summed E-state index contributed by atoms with van der Waals surface area (Å²) in [4.78, 5) is 24.5. The van der Waals surface area contributed by atoms with E-state index in [0.717, 1.165) is 22.6 Å². The number of halogens is 1. The highest BCUT2D eigenvalue weighted by atomic mass is 32.2. The molecule has 3 atom stereocenters. The lowest BCUT2D eigenvalue weighted by Gasteiger charge is -2.47. The normalized spacial score (nSPS) is 23.0. The lowest BCUT2D eigenvalue weighted by atomic mass is 9.57. The Morgan fingerprint density at radius 2 is 1.92 bits per heavy atom. The van der Waals surface area contributed by atoms with Gasteiger partial charge in [-0.05, 0) is 80.5 Å². The number of aryl methyl sites for hydroxylation is 2. The molecule has 3 heterocycles. The largest absolute Gasteiger partial charge is 0.303 e. The smallest absolute Gasteiger partial charge is 0.201 e. The van der Waals surface area contributed by atoms with Crippen molar-refractivity contribution in [1.82, 2.24) is 29.5 Å². The fraction of sp³-hybridized carbons (Fsp3) is 0.370. The zero-order valence-corrected chi connectivity index (χ0v) is 21.9. The van der Waals surface area contributed by atoms with Crippen molar-refractivity contribution in [2.75, 3.05) is 0 Å². The van der Waals surface area contributed by atoms with E-state index in [1.165, 1.54) is 23.1 Å². The number of pyridine rings is 1. The molecule has 3 aromatic heterocycles. The van der Waals surface area contributed by atoms with E-state index in [-0.39, 0.29) is 29.0 Å². The predicted molar refractivity (Wildman–Crippen MR) is 136 cm³/mol. The summed E-state index contributed by atoms with van der Waals surface area (Å²) in [5.74, 6) is -0.568. The van der Waals surface area contributed by atoms with Crippen molar-refractivity contribution >= 4 is 15.6 Å². The molecule has 11 heteroatoms. The third-order valence-electron chi connectivity index (χ3n) is 8.10. The van der Waals surface area contributed by atoms with Gasteiger partial charge in [0.15, 0.2) is 10.8 Å². The highest BCUT2D eigenvalue weighted by molar-refractivity contribution is 7.92. The zero-order chi connectivity index (χ0) is 26.7. The van der Waals surface area contributed by atoms with Gasteiger partial charge in [0.2, 0.25) is 9.84 Å². The summed E-state index contributed by atoms with van der Waals surface area (Å²) in [6, 6.07) is 9.81. The molecule has 2 aliphatic rings. The topological polar surface area (TPSA) is 113 Å². The molecule has 0 amide bonds. The highest BCUT2D eigenvalue weighted by Gasteiger charge is 2.55. The van der Waals surface area contributed by atoms with Crippen LogP contribution in [0.4, 0.5) is 4.39 Å². The average Bonchev–Trinajstić information content (AvgIpc) is 3.53. The minimum absolute atomic E-state index is 0.0724. The van der Waals surface area contributed by atoms with Crippen LogP contribution in [0, 0.1) is 24.1 Å². The van der Waals surface area contributed by atoms with E-state index in [0.29, 0.717) is 31.4 Å². The molecule has 0 bridgehead atoms. The molecule has 0 N–H and O–H groups in total. The molecular weight excluding hydrogens is 507 g/mol. The third-order valence-corrected chi connectivity index (χ3v) is 10.2. The molecule has 0 radical (unpaired) electrons. The van der Waals surface area contributed by atoms with Crippen molar-refractivity contribution in [3.8, 4) is 5.69 Å². The molecule has 1 fully saturated rings. The number of hydrogen-bond acceptors (Lipinski definition) is 7. The summed E-state index contributed by atoms with van der Waals surface area (Å²) in [6.07, 6.45) is 6.57. The maximum absolute atomic E-state index is 14.3. The van der Waals surface area contributed by atoms with Gasteiger partial charge in [0, 0.05) is 36.5 Å². The molecule has 1 unspecified atom stereocenters. The van der Waals surface area contributed by atoms with Gasteiger partial charge in [-0.1, -0.05) is 0 Å². The van der Waals surface area contributed by atoms with Crippen molar-refractivity contribution in [2.45, 2.75) is 49.3 Å². The van der Waals surface area contributed by atoms with Gasteiger partial charge in [-0.25, -0.2) is 17.8 Å². The van der Waals surface area contributed by atoms with Crippen LogP contribution in [0.3, 0.4) is 0 Å². The maximum Gasteiger partial charge on any atom is 0.201 e. The number of Topliss-reactive ketones (excluding diaryl/α,β-unsaturated/α-hetero) is 1. The van der Waals surface area contributed by atoms with Crippen molar-refractivity contribution in [3.63, 3.8) is 0 Å². The predicted octanol–water partition coefficient (Wildman–Crippen LogP) is 3.45. The quantitative estimate of drug-likeness (QED) is 0.361. The van der Waals surface area contributed by atoms with Crippen molar-refractivity contribution in [3.05, 3.63) is 83.6 Å². The molecule has 0 aliphatic heterocycles. The van der Waals surface area contributed by atoms with Crippen LogP contribution in [0.2, 0.25) is 0 Å². The lowest BCUT2D eigenvalue weighted by Crippen LogP contribution is -2.51. The van der Waals surface area contributed by atoms with Crippen molar-refractivity contribution in [1.29, 1.82) is 0 Å². The summed E-state index contributed by atoms with van der Waals surface area (Å²) in [6.45, 7) is 1.90. The molecule has 4 aromatic rings. The van der Waals surface area contributed by atoms with Crippen molar-refractivity contribution < 1.29 is 17.6 Å². The van der Waals surface area contributed by atoms with Crippen LogP contribution < -0.4 is 0 Å². The van der Waals surface area contributed by atoms with E-state index in [1.54, 1.807) is 37.8 Å². The Morgan fingerprint density at radius 1 is 1.13 bits per heavy atom. The summed E-state index contributed by atoms with van der Waals surface area (Å²) in [5.41, 5.74) is 2.79. The molecule has 6 rings (SSSR count). The van der Waals surface area contributed by atoms with Gasteiger partial charge in [0.1, 0.15) is 11.5 Å². The third kappa shape index (κ3) is 3.96. The minimum Gasteiger partial charge on any atom is -0.303 e. The second-order valence-corrected chi connectivity index (χ2v) is 12.6. The number of carbonyl (C=O) groups excluding carboxylic acids is 1. The van der Waals surface area contributed by atoms with E-state index in [2.05, 4.69) is 20.2 Å². The molecule has 38 heavy (non-hydrogen) atoms. The fourth-order valence-electron chi connectivity index (χ4n) is 6.15. The Hall–Kier alpha value is -3.73. The van der Waals surface area contributed by atoms with Gasteiger partial charge in [-0.15, -0.1) is 5.10 Å². The molecule has 196 valence electrons. The van der Waals surface area contributed by atoms with Crippen LogP contribution in [0.15, 0.2) is 60.1 Å². The maximum atomic E-state index is 14.3. The van der Waals surface area contributed by atoms with Crippen molar-refractivity contribution in [2.24, 2.45) is 18.4 Å². The van der Waals surface area contributed by atoms with Crippen LogP contribution in [0.25, 0.3) is 5.69 Å². The van der Waals surface area contributed by atoms with Crippen LogP contribution in [-0.4, -0.2) is 49.0 Å². The van der Waals surface area contributed by atoms with Gasteiger partial charge in [-0.2, -0.15) is 9.90 Å². The van der Waals surface area contributed by atoms with E-state index < -0.39 is 20.5 Å². The molecule has 9 nitrogen and oxygen atoms in total. The van der Waals surface area contributed by atoms with E-state index in [9.17, 15) is 17.6 Å². The Kier molecular flexibility index (Phi) is 5.78. The molecular formula is C27H27FN6O3S. The molecule has 0 spiro atoms. The standard InChI is InChI=1S/C27H27FN6O3S/c1-17-9-10-29-22(11-17)26(35)27-13-21(38(36,37)25-15-31-33(2)32-25)8-3-18(27)12-24-23(14-27)30-16-34(24)20-6-4-19(28)5-7-20/h4-7,9-11,15-16,18,21H,3,8,12-14H2,1-2H3/t18?,21-,27+/m0/s1. The SMILES string of the molecule is Cc1ccnc(C(=O)[C@]23Cc4ncn(-c5ccc(F)cc5)c4CC2CC[C@H](S(=O)(=O)c2cnn(C)n2)C3)c1. The van der Waals surface area contributed by atoms with Gasteiger partial charge in [-0.3, -0.25) is 9.78 Å². The number of carbonyl (C=O) groups is 1. The van der Waals surface area contributed by atoms with Gasteiger partial charge in [0.05, 0.1) is 23.5 Å². The summed E-state index contributed by atoms with van der Waals surface area (Å²) in [5, 5.41) is 7.16. The molecule has 2 aliphatic carbocycles. The van der Waals surface area contributed by atoms with Crippen LogP contribution in [-0.2, 0) is 29.7 Å². The highest BCUT2D eigenvalue weighted by Crippen LogP contribution is 2.52. The van der Waals surface area contributed by atoms with Crippen LogP contribution >= 0.6 is 0 Å². The van der Waals surface area contributed by atoms with Crippen LogP contribution in [0.5, 0.6) is 0 Å². The molecule has 0 saturated heterocycles. The number of ketones is 1. The average molecular weight is 535 g/mol. The number of aromatic nitrogens is 6. The first-order valence-electron chi connectivity index (χ1n) is 12.6. The first-order chi connectivity index (χ1) is 18.2. The summed E-state index contributed by atoms with van der Waals surface area (Å²) < 4.78 is 42.7. The number of fused-ring (bicyclic) bond motifs is 2. The summed E-state index contributed by atoms with van der Waals surface area (Å²) in [7, 11) is -2.23. The second kappa shape index (κ2) is 8.93. The Balaban J connectivity index is 1.43. The van der Waals surface area contributed by atoms with E-state index in [1.807, 2.05) is 17.6 Å². The minimum atomic E-state index is -3.80. The number of rotatable bonds is 5. The number of nitrogens with zero attached hydrogens (tertiary/aromatic N) is 6. The van der Waals surface area contributed by atoms with Gasteiger partial charge < -0.3 is 4.57 Å². The first-order valence-corrected chi connectivity index (χ1v) is 14.1. The Labute approximate surface area is 219 Å². The second-order valence-electron chi connectivity index (χ2n) is 10.4. The van der Waals surface area contributed by atoms with Gasteiger partial charge in [0.25, 0.3) is 0 Å². The zero-order valence-electron chi connectivity index (χ0n) is 21.1. The number of sulfone groups is 1. The summed E-state index contributed by atoms with van der Waals surface area (Å²) >= 11 is 0. The Morgan fingerprint density at radius 3 is 2.63 bits per heavy atom. The first kappa shape index (κ1) is 24.6. The fourth-order valence-corrected chi connectivity index (χ4v) is 7.88. The monoisotopic (exact) mass is 534 g/mol. The molecule has 1 aromatic carbocycles. The number of imidazole rings is 1. The lowest BCUT2D eigenvalue weighted by molar-refractivity contribution is 0.0483. The van der Waals surface area contributed by atoms with Crippen LogP contribution in [0.1, 0.15) is 46.7 Å². The van der Waals surface area contributed by atoms with E-state index in [4.69, 9.17) is 0 Å². The molecule has 1 saturated carbocycles.